The van der Waals surface area contributed by atoms with Crippen LogP contribution in [0.25, 0.3) is 33.7 Å². The molecule has 2 N–H and O–H groups in total. The summed E-state index contributed by atoms with van der Waals surface area (Å²) >= 11 is 6.17. The number of amides is 1. The van der Waals surface area contributed by atoms with Gasteiger partial charge in [0.1, 0.15) is 5.82 Å². The van der Waals surface area contributed by atoms with Crippen LogP contribution in [-0.2, 0) is 11.8 Å². The fourth-order valence-corrected chi connectivity index (χ4v) is 4.45. The highest BCUT2D eigenvalue weighted by Crippen LogP contribution is 2.39. The minimum Gasteiger partial charge on any atom is -0.354 e. The number of hydrogen-bond acceptors (Lipinski definition) is 5. The highest BCUT2D eigenvalue weighted by atomic mass is 35.5. The molecule has 0 bridgehead atoms. The van der Waals surface area contributed by atoms with Gasteiger partial charge in [-0.3, -0.25) is 14.8 Å². The number of anilines is 2. The minimum atomic E-state index is -0.200. The van der Waals surface area contributed by atoms with Gasteiger partial charge in [-0.05, 0) is 48.5 Å². The minimum absolute atomic E-state index is 0.200. The maximum absolute atomic E-state index is 13.2. The fourth-order valence-electron chi connectivity index (χ4n) is 4.28. The van der Waals surface area contributed by atoms with Gasteiger partial charge < -0.3 is 15.2 Å². The van der Waals surface area contributed by atoms with E-state index in [4.69, 9.17) is 11.6 Å². The summed E-state index contributed by atoms with van der Waals surface area (Å²) in [6, 6.07) is 19.1. The van der Waals surface area contributed by atoms with Crippen molar-refractivity contribution in [2.75, 3.05) is 10.6 Å². The number of benzene rings is 3. The Labute approximate surface area is 206 Å². The van der Waals surface area contributed by atoms with Crippen LogP contribution in [0.3, 0.4) is 0 Å². The summed E-state index contributed by atoms with van der Waals surface area (Å²) < 4.78 is 1.97. The van der Waals surface area contributed by atoms with Gasteiger partial charge in [-0.2, -0.15) is 0 Å². The van der Waals surface area contributed by atoms with E-state index in [9.17, 15) is 4.79 Å². The molecule has 0 unspecified atom stereocenters. The summed E-state index contributed by atoms with van der Waals surface area (Å²) in [5.74, 6) is 0.679. The third kappa shape index (κ3) is 3.82. The van der Waals surface area contributed by atoms with E-state index in [2.05, 4.69) is 25.6 Å². The molecule has 1 aliphatic heterocycles. The van der Waals surface area contributed by atoms with Crippen molar-refractivity contribution in [3.8, 4) is 11.4 Å². The maximum atomic E-state index is 13.2. The summed E-state index contributed by atoms with van der Waals surface area (Å²) in [6.45, 7) is 0. The first-order valence-electron chi connectivity index (χ1n) is 11.0. The van der Waals surface area contributed by atoms with Crippen LogP contribution in [0.15, 0.2) is 85.5 Å². The van der Waals surface area contributed by atoms with Gasteiger partial charge in [0.15, 0.2) is 0 Å². The topological polar surface area (TPSA) is 84.7 Å². The average molecular weight is 479 g/mol. The van der Waals surface area contributed by atoms with E-state index >= 15 is 0 Å². The number of imidazole rings is 1. The second-order valence-corrected chi connectivity index (χ2v) is 8.65. The number of aryl methyl sites for hydroxylation is 1. The van der Waals surface area contributed by atoms with Crippen LogP contribution >= 0.6 is 11.6 Å². The SMILES string of the molecule is Cn1ccnc1-c1ccc(NC(=C2C(=O)Nc3cc(Cl)ccc32)c2ccc3nccnc3c2)cc1. The number of hydrogen-bond donors (Lipinski definition) is 2. The van der Waals surface area contributed by atoms with Crippen LogP contribution in [0, 0.1) is 0 Å². The molecule has 7 nitrogen and oxygen atoms in total. The Morgan fingerprint density at radius 1 is 0.914 bits per heavy atom. The van der Waals surface area contributed by atoms with Gasteiger partial charge in [0.25, 0.3) is 5.91 Å². The van der Waals surface area contributed by atoms with E-state index < -0.39 is 0 Å². The average Bonchev–Trinajstić information content (AvgIpc) is 3.44. The fraction of sp³-hybridized carbons (Fsp3) is 0.0370. The van der Waals surface area contributed by atoms with Crippen molar-refractivity contribution < 1.29 is 4.79 Å². The zero-order valence-corrected chi connectivity index (χ0v) is 19.4. The Balaban J connectivity index is 1.48. The van der Waals surface area contributed by atoms with Crippen molar-refractivity contribution in [2.45, 2.75) is 0 Å². The third-order valence-corrected chi connectivity index (χ3v) is 6.20. The Morgan fingerprint density at radius 2 is 1.71 bits per heavy atom. The highest BCUT2D eigenvalue weighted by Gasteiger charge is 2.28. The Kier molecular flexibility index (Phi) is 5.04. The quantitative estimate of drug-likeness (QED) is 0.328. The standard InChI is InChI=1S/C27H19ClN6O/c1-34-13-12-31-26(34)16-2-6-19(7-3-16)32-25(17-4-9-21-23(14-17)30-11-10-29-21)24-20-8-5-18(28)15-22(20)33-27(24)35/h2-15,32H,1H3,(H,33,35). The van der Waals surface area contributed by atoms with Gasteiger partial charge in [-0.25, -0.2) is 4.98 Å². The van der Waals surface area contributed by atoms with Crippen molar-refractivity contribution in [2.24, 2.45) is 7.05 Å². The number of nitrogens with zero attached hydrogens (tertiary/aromatic N) is 4. The van der Waals surface area contributed by atoms with Gasteiger partial charge in [0, 0.05) is 59.2 Å². The lowest BCUT2D eigenvalue weighted by molar-refractivity contribution is -0.110. The van der Waals surface area contributed by atoms with Crippen molar-refractivity contribution in [1.29, 1.82) is 0 Å². The molecule has 0 atom stereocenters. The molecule has 0 saturated carbocycles. The van der Waals surface area contributed by atoms with Gasteiger partial charge in [-0.1, -0.05) is 23.7 Å². The first kappa shape index (κ1) is 21.1. The van der Waals surface area contributed by atoms with Crippen molar-refractivity contribution >= 4 is 51.2 Å². The van der Waals surface area contributed by atoms with E-state index in [1.807, 2.05) is 66.3 Å². The molecule has 0 spiro atoms. The molecule has 2 aromatic heterocycles. The van der Waals surface area contributed by atoms with Gasteiger partial charge >= 0.3 is 0 Å². The Hall–Kier alpha value is -4.49. The van der Waals surface area contributed by atoms with Crippen LogP contribution in [0.1, 0.15) is 11.1 Å². The third-order valence-electron chi connectivity index (χ3n) is 5.97. The molecule has 0 fully saturated rings. The van der Waals surface area contributed by atoms with Crippen molar-refractivity contribution in [3.05, 3.63) is 102 Å². The van der Waals surface area contributed by atoms with E-state index in [1.54, 1.807) is 30.7 Å². The normalized spacial score (nSPS) is 14.1. The predicted molar refractivity (Wildman–Crippen MR) is 139 cm³/mol. The number of aromatic nitrogens is 4. The summed E-state index contributed by atoms with van der Waals surface area (Å²) in [6.07, 6.45) is 7.00. The molecule has 3 heterocycles. The summed E-state index contributed by atoms with van der Waals surface area (Å²) in [4.78, 5) is 26.4. The van der Waals surface area contributed by atoms with E-state index in [0.29, 0.717) is 22.0 Å². The molecule has 0 saturated heterocycles. The summed E-state index contributed by atoms with van der Waals surface area (Å²) in [7, 11) is 1.96. The zero-order chi connectivity index (χ0) is 23.9. The molecule has 35 heavy (non-hydrogen) atoms. The van der Waals surface area contributed by atoms with Crippen LogP contribution in [0.2, 0.25) is 5.02 Å². The van der Waals surface area contributed by atoms with Crippen LogP contribution in [0.4, 0.5) is 11.4 Å². The van der Waals surface area contributed by atoms with Crippen LogP contribution < -0.4 is 10.6 Å². The van der Waals surface area contributed by atoms with Gasteiger partial charge in [0.05, 0.1) is 28.0 Å². The smallest absolute Gasteiger partial charge is 0.258 e. The maximum Gasteiger partial charge on any atom is 0.258 e. The monoisotopic (exact) mass is 478 g/mol. The second-order valence-electron chi connectivity index (χ2n) is 8.22. The Morgan fingerprint density at radius 3 is 2.49 bits per heavy atom. The molecule has 8 heteroatoms. The van der Waals surface area contributed by atoms with Gasteiger partial charge in [-0.15, -0.1) is 0 Å². The van der Waals surface area contributed by atoms with E-state index in [0.717, 1.165) is 39.2 Å². The largest absolute Gasteiger partial charge is 0.354 e. The first-order chi connectivity index (χ1) is 17.1. The molecule has 0 radical (unpaired) electrons. The van der Waals surface area contributed by atoms with Crippen molar-refractivity contribution in [3.63, 3.8) is 0 Å². The first-order valence-corrected chi connectivity index (χ1v) is 11.4. The lowest BCUT2D eigenvalue weighted by Gasteiger charge is -2.15. The number of carbonyl (C=O) groups excluding carboxylic acids is 1. The number of fused-ring (bicyclic) bond motifs is 2. The molecule has 170 valence electrons. The molecule has 1 aliphatic rings. The highest BCUT2D eigenvalue weighted by molar-refractivity contribution is 6.38. The lowest BCUT2D eigenvalue weighted by Crippen LogP contribution is -2.10. The Bertz CT molecular complexity index is 1640. The molecular weight excluding hydrogens is 460 g/mol. The van der Waals surface area contributed by atoms with Crippen LogP contribution in [0.5, 0.6) is 0 Å². The summed E-state index contributed by atoms with van der Waals surface area (Å²) in [5.41, 5.74) is 6.84. The zero-order valence-electron chi connectivity index (χ0n) is 18.7. The molecule has 1 amide bonds. The van der Waals surface area contributed by atoms with E-state index in [-0.39, 0.29) is 5.91 Å². The number of nitrogens with one attached hydrogen (secondary N) is 2. The number of carbonyl (C=O) groups is 1. The van der Waals surface area contributed by atoms with Gasteiger partial charge in [0.2, 0.25) is 0 Å². The van der Waals surface area contributed by atoms with E-state index in [1.165, 1.54) is 0 Å². The molecule has 6 rings (SSSR count). The molecule has 5 aromatic rings. The second kappa shape index (κ2) is 8.38. The van der Waals surface area contributed by atoms with Crippen molar-refractivity contribution in [1.82, 2.24) is 19.5 Å². The van der Waals surface area contributed by atoms with Crippen LogP contribution in [-0.4, -0.2) is 25.4 Å². The number of rotatable bonds is 4. The summed E-state index contributed by atoms with van der Waals surface area (Å²) in [5, 5.41) is 6.98. The molecule has 3 aromatic carbocycles. The predicted octanol–water partition coefficient (Wildman–Crippen LogP) is 5.62. The number of halogens is 1. The molecular formula is C27H19ClN6O. The molecule has 0 aliphatic carbocycles. The lowest BCUT2D eigenvalue weighted by atomic mass is 9.99.